The monoisotopic (exact) mass is 794 g/mol. The van der Waals surface area contributed by atoms with E-state index in [1.54, 1.807) is 0 Å². The number of carboxylic acid groups (broad SMARTS) is 2. The molecule has 0 unspecified atom stereocenters. The first kappa shape index (κ1) is 41.2. The zero-order valence-corrected chi connectivity index (χ0v) is 33.8. The topological polar surface area (TPSA) is 80.3 Å². The van der Waals surface area contributed by atoms with Gasteiger partial charge in [0.2, 0.25) is 0 Å². The SMILES string of the molecule is O=C([O-])CCC(=O)[O-].c1ccc([P+](c2ccccc2)(c2ccccc2)c2ccccc2)cc1.c1ccc([P+](c2ccccc2)(c2ccccc2)c2ccccc2)cc1. The largest absolute Gasteiger partial charge is 0.550 e. The number of carbonyl (C=O) groups excluding carboxylic acids is 2. The first-order valence-corrected chi connectivity index (χ1v) is 22.7. The fourth-order valence-electron chi connectivity index (χ4n) is 7.21. The summed E-state index contributed by atoms with van der Waals surface area (Å²) >= 11 is 0. The molecule has 4 nitrogen and oxygen atoms in total. The van der Waals surface area contributed by atoms with Crippen LogP contribution in [0.2, 0.25) is 0 Å². The molecule has 6 heteroatoms. The number of rotatable bonds is 11. The van der Waals surface area contributed by atoms with E-state index in [9.17, 15) is 19.8 Å². The average molecular weight is 795 g/mol. The van der Waals surface area contributed by atoms with Crippen molar-refractivity contribution in [2.24, 2.45) is 0 Å². The van der Waals surface area contributed by atoms with Gasteiger partial charge in [0, 0.05) is 11.9 Å². The van der Waals surface area contributed by atoms with Gasteiger partial charge in [-0.25, -0.2) is 0 Å². The minimum Gasteiger partial charge on any atom is -0.550 e. The van der Waals surface area contributed by atoms with Gasteiger partial charge in [-0.3, -0.25) is 0 Å². The van der Waals surface area contributed by atoms with E-state index in [0.717, 1.165) is 0 Å². The smallest absolute Gasteiger partial charge is 0.144 e. The second-order valence-electron chi connectivity index (χ2n) is 13.3. The normalized spacial score (nSPS) is 10.8. The van der Waals surface area contributed by atoms with Gasteiger partial charge in [0.1, 0.15) is 57.0 Å². The molecule has 8 rings (SSSR count). The highest BCUT2D eigenvalue weighted by atomic mass is 31.2. The minimum absolute atomic E-state index is 0.470. The molecule has 0 radical (unpaired) electrons. The first-order valence-electron chi connectivity index (χ1n) is 19.1. The predicted molar refractivity (Wildman–Crippen MR) is 242 cm³/mol. The third-order valence-electron chi connectivity index (χ3n) is 9.68. The summed E-state index contributed by atoms with van der Waals surface area (Å²) in [6.45, 7) is 0. The maximum atomic E-state index is 9.50. The van der Waals surface area contributed by atoms with E-state index in [1.807, 2.05) is 0 Å². The van der Waals surface area contributed by atoms with Gasteiger partial charge in [-0.2, -0.15) is 0 Å². The predicted octanol–water partition coefficient (Wildman–Crippen LogP) is 5.88. The van der Waals surface area contributed by atoms with Crippen LogP contribution in [-0.4, -0.2) is 11.9 Å². The van der Waals surface area contributed by atoms with E-state index in [1.165, 1.54) is 42.4 Å². The maximum Gasteiger partial charge on any atom is 0.144 e. The minimum atomic E-state index is -1.91. The van der Waals surface area contributed by atoms with E-state index < -0.39 is 39.3 Å². The molecule has 0 N–H and O–H groups in total. The average Bonchev–Trinajstić information content (AvgIpc) is 3.30. The third-order valence-corrected chi connectivity index (χ3v) is 18.3. The van der Waals surface area contributed by atoms with Crippen LogP contribution in [0.25, 0.3) is 0 Å². The lowest BCUT2D eigenvalue weighted by Crippen LogP contribution is -2.38. The van der Waals surface area contributed by atoms with Crippen molar-refractivity contribution in [2.75, 3.05) is 0 Å². The summed E-state index contributed by atoms with van der Waals surface area (Å²) in [5.74, 6) is -2.73. The van der Waals surface area contributed by atoms with Crippen molar-refractivity contribution in [1.82, 2.24) is 0 Å². The molecule has 0 aliphatic carbocycles. The Labute approximate surface area is 342 Å². The summed E-state index contributed by atoms with van der Waals surface area (Å²) in [5, 5.41) is 30.1. The lowest BCUT2D eigenvalue weighted by Gasteiger charge is -2.27. The molecule has 0 amide bonds. The molecule has 286 valence electrons. The molecule has 8 aromatic rings. The van der Waals surface area contributed by atoms with Crippen LogP contribution in [0.15, 0.2) is 243 Å². The summed E-state index contributed by atoms with van der Waals surface area (Å²) in [5.41, 5.74) is 0. The molecular weight excluding hydrogens is 751 g/mol. The Balaban J connectivity index is 0.000000165. The standard InChI is InChI=1S/2C24H20P.C4H6O4/c2*1-5-13-21(14-6-1)25(22-15-7-2-8-16-22,23-17-9-3-10-18-23)24-19-11-4-12-20-24;5-3(6)1-2-4(7)8/h2*1-20H;1-2H2,(H,5,6)(H,7,8)/q2*+1;/p-2. The van der Waals surface area contributed by atoms with Crippen LogP contribution in [0.1, 0.15) is 12.8 Å². The second kappa shape index (κ2) is 20.6. The number of carbonyl (C=O) groups is 2. The summed E-state index contributed by atoms with van der Waals surface area (Å²) < 4.78 is 0. The molecule has 0 fully saturated rings. The molecule has 0 heterocycles. The molecule has 0 atom stereocenters. The Morgan fingerprint density at radius 1 is 0.259 bits per heavy atom. The van der Waals surface area contributed by atoms with Crippen molar-refractivity contribution < 1.29 is 19.8 Å². The summed E-state index contributed by atoms with van der Waals surface area (Å²) in [6, 6.07) is 87.7. The van der Waals surface area contributed by atoms with Crippen LogP contribution in [0.3, 0.4) is 0 Å². The van der Waals surface area contributed by atoms with Crippen molar-refractivity contribution in [3.05, 3.63) is 243 Å². The van der Waals surface area contributed by atoms with E-state index in [0.29, 0.717) is 0 Å². The highest BCUT2D eigenvalue weighted by Gasteiger charge is 2.48. The number of aliphatic carboxylic acids is 2. The number of hydrogen-bond acceptors (Lipinski definition) is 4. The Morgan fingerprint density at radius 2 is 0.379 bits per heavy atom. The van der Waals surface area contributed by atoms with E-state index in [-0.39, 0.29) is 0 Å². The van der Waals surface area contributed by atoms with Crippen molar-refractivity contribution in [3.8, 4) is 0 Å². The van der Waals surface area contributed by atoms with Gasteiger partial charge in [0.15, 0.2) is 0 Å². The number of hydrogen-bond donors (Lipinski definition) is 0. The molecule has 0 saturated carbocycles. The molecule has 0 aliphatic heterocycles. The summed E-state index contributed by atoms with van der Waals surface area (Å²) in [7, 11) is -3.81. The molecule has 8 aromatic carbocycles. The number of benzene rings is 8. The van der Waals surface area contributed by atoms with Gasteiger partial charge < -0.3 is 19.8 Å². The molecule has 0 aliphatic rings. The van der Waals surface area contributed by atoms with Gasteiger partial charge in [0.05, 0.1) is 0 Å². The van der Waals surface area contributed by atoms with Gasteiger partial charge in [-0.15, -0.1) is 0 Å². The van der Waals surface area contributed by atoms with Crippen LogP contribution >= 0.6 is 14.5 Å². The molecule has 0 bridgehead atoms. The zero-order valence-electron chi connectivity index (χ0n) is 32.0. The third kappa shape index (κ3) is 9.56. The lowest BCUT2D eigenvalue weighted by atomic mass is 10.3. The summed E-state index contributed by atoms with van der Waals surface area (Å²) in [6.07, 6.45) is -0.940. The van der Waals surface area contributed by atoms with Crippen LogP contribution in [0.4, 0.5) is 0 Å². The maximum absolute atomic E-state index is 9.50. The van der Waals surface area contributed by atoms with Crippen molar-refractivity contribution in [3.63, 3.8) is 0 Å². The quantitative estimate of drug-likeness (QED) is 0.154. The van der Waals surface area contributed by atoms with Crippen molar-refractivity contribution in [2.45, 2.75) is 12.8 Å². The molecule has 0 aromatic heterocycles. The fourth-order valence-corrected chi connectivity index (χ4v) is 15.7. The fraction of sp³-hybridized carbons (Fsp3) is 0.0385. The van der Waals surface area contributed by atoms with Crippen LogP contribution < -0.4 is 52.6 Å². The first-order chi connectivity index (χ1) is 28.5. The molecular formula is C52H44O4P2. The Morgan fingerprint density at radius 3 is 0.483 bits per heavy atom. The van der Waals surface area contributed by atoms with E-state index in [4.69, 9.17) is 0 Å². The van der Waals surface area contributed by atoms with Gasteiger partial charge in [-0.1, -0.05) is 146 Å². The highest BCUT2D eigenvalue weighted by molar-refractivity contribution is 8.02. The van der Waals surface area contributed by atoms with Crippen molar-refractivity contribution >= 4 is 68.9 Å². The van der Waals surface area contributed by atoms with E-state index in [2.05, 4.69) is 243 Å². The molecule has 0 spiro atoms. The van der Waals surface area contributed by atoms with Crippen LogP contribution in [0, 0.1) is 0 Å². The highest BCUT2D eigenvalue weighted by Crippen LogP contribution is 2.55. The Kier molecular flexibility index (Phi) is 14.7. The van der Waals surface area contributed by atoms with E-state index >= 15 is 0 Å². The molecule has 58 heavy (non-hydrogen) atoms. The van der Waals surface area contributed by atoms with Crippen LogP contribution in [-0.2, 0) is 9.59 Å². The zero-order chi connectivity index (χ0) is 40.5. The Bertz CT molecular complexity index is 1920. The number of carboxylic acids is 2. The second-order valence-corrected chi connectivity index (χ2v) is 20.1. The Hall–Kier alpha value is -6.44. The van der Waals surface area contributed by atoms with Crippen molar-refractivity contribution in [1.29, 1.82) is 0 Å². The molecule has 0 saturated heterocycles. The van der Waals surface area contributed by atoms with Gasteiger partial charge in [0.25, 0.3) is 0 Å². The van der Waals surface area contributed by atoms with Crippen LogP contribution in [0.5, 0.6) is 0 Å². The van der Waals surface area contributed by atoms with Gasteiger partial charge in [-0.05, 0) is 110 Å². The summed E-state index contributed by atoms with van der Waals surface area (Å²) in [4.78, 5) is 19.0. The van der Waals surface area contributed by atoms with Gasteiger partial charge >= 0.3 is 0 Å². The lowest BCUT2D eigenvalue weighted by molar-refractivity contribution is -0.315.